The molecule has 176 valence electrons. The van der Waals surface area contributed by atoms with Gasteiger partial charge in [0.1, 0.15) is 22.8 Å². The lowest BCUT2D eigenvalue weighted by atomic mass is 10.1. The van der Waals surface area contributed by atoms with E-state index in [-0.39, 0.29) is 0 Å². The number of fused-ring (bicyclic) bond motifs is 1. The Hall–Kier alpha value is -3.93. The average molecular weight is 460 g/mol. The first kappa shape index (κ1) is 23.2. The SMILES string of the molecule is CCCOc1ccc(N=c2cc(-c3ccc(OC)c(OC)c3)oc3ccc(OCC)cc23)cc1. The summed E-state index contributed by atoms with van der Waals surface area (Å²) in [5.74, 6) is 3.55. The Bertz CT molecular complexity index is 1330. The highest BCUT2D eigenvalue weighted by Gasteiger charge is 2.11. The second-order valence-electron chi connectivity index (χ2n) is 7.61. The van der Waals surface area contributed by atoms with Gasteiger partial charge in [-0.25, -0.2) is 4.99 Å². The van der Waals surface area contributed by atoms with Gasteiger partial charge in [-0.3, -0.25) is 0 Å². The van der Waals surface area contributed by atoms with Gasteiger partial charge in [0.2, 0.25) is 0 Å². The Morgan fingerprint density at radius 2 is 1.53 bits per heavy atom. The molecule has 4 aromatic rings. The molecule has 0 bridgehead atoms. The molecule has 6 heteroatoms. The van der Waals surface area contributed by atoms with Crippen LogP contribution in [0.1, 0.15) is 20.3 Å². The Balaban J connectivity index is 1.85. The molecule has 6 nitrogen and oxygen atoms in total. The first-order valence-electron chi connectivity index (χ1n) is 11.4. The van der Waals surface area contributed by atoms with E-state index < -0.39 is 0 Å². The lowest BCUT2D eigenvalue weighted by Crippen LogP contribution is -2.04. The minimum atomic E-state index is 0.581. The van der Waals surface area contributed by atoms with Gasteiger partial charge >= 0.3 is 0 Å². The van der Waals surface area contributed by atoms with E-state index in [0.29, 0.717) is 36.1 Å². The summed E-state index contributed by atoms with van der Waals surface area (Å²) < 4.78 is 28.5. The highest BCUT2D eigenvalue weighted by molar-refractivity contribution is 5.80. The van der Waals surface area contributed by atoms with Crippen LogP contribution in [0.5, 0.6) is 23.0 Å². The summed E-state index contributed by atoms with van der Waals surface area (Å²) in [7, 11) is 3.23. The predicted molar refractivity (Wildman–Crippen MR) is 133 cm³/mol. The van der Waals surface area contributed by atoms with Crippen molar-refractivity contribution in [1.29, 1.82) is 0 Å². The van der Waals surface area contributed by atoms with E-state index in [1.54, 1.807) is 14.2 Å². The molecule has 0 fully saturated rings. The standard InChI is InChI=1S/C28H29NO5/c1-5-15-33-21-10-8-20(9-11-21)29-24-18-27(19-7-13-26(30-3)28(16-19)31-4)34-25-14-12-22(32-6-2)17-23(24)25/h7-14,16-18H,5-6,15H2,1-4H3. The third-order valence-corrected chi connectivity index (χ3v) is 5.25. The topological polar surface area (TPSA) is 62.4 Å². The van der Waals surface area contributed by atoms with Gasteiger partial charge < -0.3 is 23.4 Å². The van der Waals surface area contributed by atoms with Gasteiger partial charge in [-0.15, -0.1) is 0 Å². The van der Waals surface area contributed by atoms with Crippen molar-refractivity contribution >= 4 is 16.7 Å². The van der Waals surface area contributed by atoms with Crippen LogP contribution in [0, 0.1) is 0 Å². The summed E-state index contributed by atoms with van der Waals surface area (Å²) in [6.45, 7) is 5.32. The number of ether oxygens (including phenoxy) is 4. The third-order valence-electron chi connectivity index (χ3n) is 5.25. The van der Waals surface area contributed by atoms with Crippen molar-refractivity contribution in [2.75, 3.05) is 27.4 Å². The van der Waals surface area contributed by atoms with Gasteiger partial charge in [0.15, 0.2) is 11.5 Å². The van der Waals surface area contributed by atoms with Crippen molar-refractivity contribution in [3.63, 3.8) is 0 Å². The molecule has 1 aromatic heterocycles. The fraction of sp³-hybridized carbons (Fsp3) is 0.250. The first-order valence-corrected chi connectivity index (χ1v) is 11.4. The molecule has 34 heavy (non-hydrogen) atoms. The van der Waals surface area contributed by atoms with Gasteiger partial charge in [-0.05, 0) is 74.0 Å². The normalized spacial score (nSPS) is 11.5. The fourth-order valence-corrected chi connectivity index (χ4v) is 3.60. The van der Waals surface area contributed by atoms with E-state index in [1.165, 1.54) is 0 Å². The number of benzene rings is 3. The molecule has 0 unspecified atom stereocenters. The van der Waals surface area contributed by atoms with Crippen molar-refractivity contribution in [2.45, 2.75) is 20.3 Å². The van der Waals surface area contributed by atoms with E-state index in [9.17, 15) is 0 Å². The number of hydrogen-bond donors (Lipinski definition) is 0. The van der Waals surface area contributed by atoms with Crippen molar-refractivity contribution < 1.29 is 23.4 Å². The molecule has 4 rings (SSSR count). The Morgan fingerprint density at radius 3 is 2.24 bits per heavy atom. The second-order valence-corrected chi connectivity index (χ2v) is 7.61. The molecule has 0 saturated carbocycles. The number of hydrogen-bond acceptors (Lipinski definition) is 6. The van der Waals surface area contributed by atoms with Crippen LogP contribution in [0.2, 0.25) is 0 Å². The molecule has 1 heterocycles. The van der Waals surface area contributed by atoms with Gasteiger partial charge in [0, 0.05) is 17.0 Å². The minimum Gasteiger partial charge on any atom is -0.494 e. The van der Waals surface area contributed by atoms with Crippen molar-refractivity contribution in [1.82, 2.24) is 0 Å². The van der Waals surface area contributed by atoms with Crippen molar-refractivity contribution in [2.24, 2.45) is 4.99 Å². The highest BCUT2D eigenvalue weighted by Crippen LogP contribution is 2.33. The van der Waals surface area contributed by atoms with Crippen LogP contribution in [0.3, 0.4) is 0 Å². The molecule has 0 spiro atoms. The fourth-order valence-electron chi connectivity index (χ4n) is 3.60. The molecule has 3 aromatic carbocycles. The van der Waals surface area contributed by atoms with E-state index in [1.807, 2.05) is 73.7 Å². The Morgan fingerprint density at radius 1 is 0.765 bits per heavy atom. The maximum Gasteiger partial charge on any atom is 0.161 e. The van der Waals surface area contributed by atoms with E-state index >= 15 is 0 Å². The van der Waals surface area contributed by atoms with Crippen LogP contribution in [-0.4, -0.2) is 27.4 Å². The van der Waals surface area contributed by atoms with Crippen LogP contribution in [-0.2, 0) is 0 Å². The summed E-state index contributed by atoms with van der Waals surface area (Å²) in [5.41, 5.74) is 2.38. The zero-order valence-electron chi connectivity index (χ0n) is 20.0. The largest absolute Gasteiger partial charge is 0.494 e. The summed E-state index contributed by atoms with van der Waals surface area (Å²) in [6.07, 6.45) is 0.965. The molecule has 0 aliphatic heterocycles. The molecule has 0 aliphatic carbocycles. The highest BCUT2D eigenvalue weighted by atomic mass is 16.5. The number of methoxy groups -OCH3 is 2. The van der Waals surface area contributed by atoms with Crippen LogP contribution >= 0.6 is 0 Å². The average Bonchev–Trinajstić information content (AvgIpc) is 2.88. The van der Waals surface area contributed by atoms with Gasteiger partial charge in [0.05, 0.1) is 38.5 Å². The number of nitrogens with zero attached hydrogens (tertiary/aromatic N) is 1. The maximum atomic E-state index is 6.26. The van der Waals surface area contributed by atoms with Crippen LogP contribution in [0.15, 0.2) is 76.1 Å². The van der Waals surface area contributed by atoms with Crippen molar-refractivity contribution in [3.8, 4) is 34.3 Å². The maximum absolute atomic E-state index is 6.26. The zero-order valence-corrected chi connectivity index (χ0v) is 20.0. The van der Waals surface area contributed by atoms with Gasteiger partial charge in [-0.1, -0.05) is 6.92 Å². The zero-order chi connectivity index (χ0) is 23.9. The molecule has 0 atom stereocenters. The molecule has 0 radical (unpaired) electrons. The van der Waals surface area contributed by atoms with Gasteiger partial charge in [-0.2, -0.15) is 0 Å². The smallest absolute Gasteiger partial charge is 0.161 e. The quantitative estimate of drug-likeness (QED) is 0.284. The summed E-state index contributed by atoms with van der Waals surface area (Å²) in [6, 6.07) is 21.1. The summed E-state index contributed by atoms with van der Waals surface area (Å²) in [4.78, 5) is 4.93. The summed E-state index contributed by atoms with van der Waals surface area (Å²) in [5, 5.41) is 1.64. The predicted octanol–water partition coefficient (Wildman–Crippen LogP) is 6.54. The Labute approximate surface area is 199 Å². The molecule has 0 saturated heterocycles. The lowest BCUT2D eigenvalue weighted by molar-refractivity contribution is 0.317. The van der Waals surface area contributed by atoms with E-state index in [0.717, 1.165) is 39.9 Å². The minimum absolute atomic E-state index is 0.581. The molecule has 0 aliphatic rings. The van der Waals surface area contributed by atoms with Crippen molar-refractivity contribution in [3.05, 3.63) is 72.1 Å². The molecule has 0 amide bonds. The third kappa shape index (κ3) is 5.17. The number of rotatable bonds is 9. The molecule has 0 N–H and O–H groups in total. The van der Waals surface area contributed by atoms with E-state index in [4.69, 9.17) is 28.4 Å². The Kier molecular flexibility index (Phi) is 7.38. The first-order chi connectivity index (χ1) is 16.6. The monoisotopic (exact) mass is 459 g/mol. The van der Waals surface area contributed by atoms with Crippen LogP contribution in [0.25, 0.3) is 22.3 Å². The second kappa shape index (κ2) is 10.8. The summed E-state index contributed by atoms with van der Waals surface area (Å²) >= 11 is 0. The van der Waals surface area contributed by atoms with Crippen LogP contribution in [0.4, 0.5) is 5.69 Å². The van der Waals surface area contributed by atoms with E-state index in [2.05, 4.69) is 6.92 Å². The van der Waals surface area contributed by atoms with Gasteiger partial charge in [0.25, 0.3) is 0 Å². The molecular weight excluding hydrogens is 430 g/mol. The lowest BCUT2D eigenvalue weighted by Gasteiger charge is -2.11. The van der Waals surface area contributed by atoms with Crippen LogP contribution < -0.4 is 24.3 Å². The molecular formula is C28H29NO5.